The van der Waals surface area contributed by atoms with Gasteiger partial charge in [0.25, 0.3) is 11.6 Å². The zero-order chi connectivity index (χ0) is 21.1. The van der Waals surface area contributed by atoms with Crippen molar-refractivity contribution in [2.24, 2.45) is 10.2 Å². The van der Waals surface area contributed by atoms with Gasteiger partial charge in [-0.3, -0.25) is 0 Å². The van der Waals surface area contributed by atoms with E-state index in [1.807, 2.05) is 0 Å². The zero-order valence-corrected chi connectivity index (χ0v) is 15.6. The van der Waals surface area contributed by atoms with E-state index in [1.165, 1.54) is 36.4 Å². The first-order valence-corrected chi connectivity index (χ1v) is 8.61. The largest absolute Gasteiger partial charge is 0.505 e. The summed E-state index contributed by atoms with van der Waals surface area (Å²) in [6, 6.07) is 10.2. The highest BCUT2D eigenvalue weighted by Gasteiger charge is 2.20. The number of carbonyl (C=O) groups is 1. The maximum Gasteiger partial charge on any atom is 0.341 e. The minimum Gasteiger partial charge on any atom is -0.505 e. The summed E-state index contributed by atoms with van der Waals surface area (Å²) in [5.74, 6) is -0.795. The van der Waals surface area contributed by atoms with Gasteiger partial charge in [0.2, 0.25) is 0 Å². The van der Waals surface area contributed by atoms with E-state index in [9.17, 15) is 9.90 Å². The monoisotopic (exact) mass is 399 g/mol. The number of phenolic OH excluding ortho intramolecular Hbond substituents is 1. The lowest BCUT2D eigenvalue weighted by molar-refractivity contribution is 0.0597. The summed E-state index contributed by atoms with van der Waals surface area (Å²) in [5, 5.41) is 24.3. The van der Waals surface area contributed by atoms with Crippen LogP contribution < -0.4 is 0 Å². The van der Waals surface area contributed by atoms with Gasteiger partial charge in [-0.1, -0.05) is 24.3 Å². The minimum absolute atomic E-state index is 0.0459. The highest BCUT2D eigenvalue weighted by atomic mass is 16.5. The van der Waals surface area contributed by atoms with E-state index >= 15 is 0 Å². The molecule has 0 bridgehead atoms. The molecule has 0 saturated carbocycles. The summed E-state index contributed by atoms with van der Waals surface area (Å²) in [6.45, 7) is 7.35. The van der Waals surface area contributed by atoms with Crippen LogP contribution in [0.3, 0.4) is 0 Å². The van der Waals surface area contributed by atoms with Crippen molar-refractivity contribution in [2.45, 2.75) is 0 Å². The normalized spacial score (nSPS) is 10.9. The highest BCUT2D eigenvalue weighted by Crippen LogP contribution is 2.40. The molecule has 10 heteroatoms. The predicted octanol–water partition coefficient (Wildman–Crippen LogP) is 4.27. The van der Waals surface area contributed by atoms with E-state index in [4.69, 9.17) is 11.3 Å². The number of hydrogen-bond acceptors (Lipinski definition) is 8. The fourth-order valence-electron chi connectivity index (χ4n) is 2.83. The number of benzene rings is 2. The van der Waals surface area contributed by atoms with Gasteiger partial charge >= 0.3 is 5.97 Å². The second-order valence-electron chi connectivity index (χ2n) is 5.96. The Balaban J connectivity index is 1.90. The maximum atomic E-state index is 12.1. The van der Waals surface area contributed by atoms with Crippen LogP contribution in [0.1, 0.15) is 10.4 Å². The summed E-state index contributed by atoms with van der Waals surface area (Å²) in [5.41, 5.74) is 0.140. The lowest BCUT2D eigenvalue weighted by Gasteiger charge is -2.09. The number of phenols is 1. The molecule has 4 aromatic rings. The van der Waals surface area contributed by atoms with Crippen molar-refractivity contribution < 1.29 is 14.6 Å². The molecule has 2 aromatic carbocycles. The minimum atomic E-state index is -0.709. The molecule has 4 rings (SSSR count). The SMILES string of the molecule is [C-]#[N+]c1cnn(-c2ncccn2)c1N=Nc1c(O)c(C(=O)OC)cc2ccccc12. The number of aromatic nitrogens is 4. The van der Waals surface area contributed by atoms with Crippen LogP contribution in [0.4, 0.5) is 17.2 Å². The van der Waals surface area contributed by atoms with E-state index in [0.717, 1.165) is 0 Å². The number of methoxy groups -OCH3 is 1. The predicted molar refractivity (Wildman–Crippen MR) is 107 cm³/mol. The van der Waals surface area contributed by atoms with Crippen LogP contribution in [0.5, 0.6) is 5.75 Å². The second kappa shape index (κ2) is 7.76. The van der Waals surface area contributed by atoms with Crippen molar-refractivity contribution in [1.82, 2.24) is 19.7 Å². The molecule has 0 spiro atoms. The van der Waals surface area contributed by atoms with Crippen molar-refractivity contribution in [3.8, 4) is 11.7 Å². The van der Waals surface area contributed by atoms with Gasteiger partial charge in [0, 0.05) is 17.8 Å². The molecule has 0 atom stereocenters. The quantitative estimate of drug-likeness (QED) is 0.311. The Morgan fingerprint density at radius 2 is 1.97 bits per heavy atom. The van der Waals surface area contributed by atoms with Gasteiger partial charge in [0.15, 0.2) is 11.6 Å². The van der Waals surface area contributed by atoms with E-state index < -0.39 is 5.97 Å². The molecule has 30 heavy (non-hydrogen) atoms. The van der Waals surface area contributed by atoms with Crippen molar-refractivity contribution in [2.75, 3.05) is 7.11 Å². The number of aromatic hydroxyl groups is 1. The van der Waals surface area contributed by atoms with E-state index in [0.29, 0.717) is 10.8 Å². The Hall–Kier alpha value is -4.65. The Kier molecular flexibility index (Phi) is 4.84. The van der Waals surface area contributed by atoms with Crippen LogP contribution in [0, 0.1) is 6.57 Å². The lowest BCUT2D eigenvalue weighted by Crippen LogP contribution is -2.02. The van der Waals surface area contributed by atoms with E-state index in [1.54, 1.807) is 30.3 Å². The van der Waals surface area contributed by atoms with Gasteiger partial charge in [-0.2, -0.15) is 9.78 Å². The second-order valence-corrected chi connectivity index (χ2v) is 5.96. The molecule has 0 aliphatic carbocycles. The number of azo groups is 1. The standard InChI is InChI=1S/C20H13N7O3/c1-21-15-11-24-27(20-22-8-5-9-23-20)18(15)26-25-16-13-7-4-3-6-12(13)10-14(17(16)28)19(29)30-2/h3-11,28H,2H3. The zero-order valence-electron chi connectivity index (χ0n) is 15.6. The van der Waals surface area contributed by atoms with Crippen molar-refractivity contribution in [1.29, 1.82) is 0 Å². The molecular weight excluding hydrogens is 386 g/mol. The Bertz CT molecular complexity index is 1320. The summed E-state index contributed by atoms with van der Waals surface area (Å²) in [6.07, 6.45) is 4.38. The molecule has 0 aliphatic rings. The molecule has 2 heterocycles. The third-order valence-electron chi connectivity index (χ3n) is 4.23. The fourth-order valence-corrected chi connectivity index (χ4v) is 2.83. The molecule has 0 aliphatic heterocycles. The average molecular weight is 399 g/mol. The Morgan fingerprint density at radius 1 is 1.20 bits per heavy atom. The highest BCUT2D eigenvalue weighted by molar-refractivity contribution is 6.04. The first-order valence-electron chi connectivity index (χ1n) is 8.61. The van der Waals surface area contributed by atoms with Crippen LogP contribution in [0.15, 0.2) is 65.2 Å². The molecule has 0 amide bonds. The maximum absolute atomic E-state index is 12.1. The molecule has 0 radical (unpaired) electrons. The van der Waals surface area contributed by atoms with Gasteiger partial charge < -0.3 is 9.84 Å². The number of esters is 1. The number of hydrogen-bond donors (Lipinski definition) is 1. The molecule has 0 fully saturated rings. The summed E-state index contributed by atoms with van der Waals surface area (Å²) in [7, 11) is 1.22. The molecule has 0 unspecified atom stereocenters. The lowest BCUT2D eigenvalue weighted by atomic mass is 10.0. The number of rotatable bonds is 4. The van der Waals surface area contributed by atoms with E-state index in [-0.39, 0.29) is 34.5 Å². The molecule has 0 saturated heterocycles. The third-order valence-corrected chi connectivity index (χ3v) is 4.23. The van der Waals surface area contributed by atoms with Crippen LogP contribution in [0.2, 0.25) is 0 Å². The molecule has 1 N–H and O–H groups in total. The first-order chi connectivity index (χ1) is 14.6. The van der Waals surface area contributed by atoms with Gasteiger partial charge in [-0.15, -0.1) is 10.2 Å². The van der Waals surface area contributed by atoms with Crippen molar-refractivity contribution in [3.63, 3.8) is 0 Å². The number of fused-ring (bicyclic) bond motifs is 1. The van der Waals surface area contributed by atoms with Gasteiger partial charge in [0.05, 0.1) is 19.9 Å². The van der Waals surface area contributed by atoms with Crippen molar-refractivity contribution in [3.05, 3.63) is 72.0 Å². The van der Waals surface area contributed by atoms with E-state index in [2.05, 4.69) is 30.1 Å². The van der Waals surface area contributed by atoms with Crippen molar-refractivity contribution >= 4 is 33.9 Å². The molecular formula is C20H13N7O3. The fraction of sp³-hybridized carbons (Fsp3) is 0.0500. The first kappa shape index (κ1) is 18.7. The topological polar surface area (TPSA) is 119 Å². The third kappa shape index (κ3) is 3.20. The van der Waals surface area contributed by atoms with Gasteiger partial charge in [-0.25, -0.2) is 19.6 Å². The molecule has 2 aromatic heterocycles. The molecule has 146 valence electrons. The summed E-state index contributed by atoms with van der Waals surface area (Å²) < 4.78 is 6.01. The Morgan fingerprint density at radius 3 is 2.70 bits per heavy atom. The smallest absolute Gasteiger partial charge is 0.341 e. The number of ether oxygens (including phenoxy) is 1. The van der Waals surface area contributed by atoms with Crippen LogP contribution >= 0.6 is 0 Å². The average Bonchev–Trinajstić information content (AvgIpc) is 3.21. The van der Waals surface area contributed by atoms with Crippen LogP contribution in [-0.2, 0) is 4.74 Å². The van der Waals surface area contributed by atoms with Crippen LogP contribution in [0.25, 0.3) is 21.6 Å². The van der Waals surface area contributed by atoms with Gasteiger partial charge in [0.1, 0.15) is 11.3 Å². The number of carbonyl (C=O) groups excluding carboxylic acids is 1. The summed E-state index contributed by atoms with van der Waals surface area (Å²) >= 11 is 0. The number of nitrogens with zero attached hydrogens (tertiary/aromatic N) is 7. The van der Waals surface area contributed by atoms with Crippen LogP contribution in [-0.4, -0.2) is 37.9 Å². The van der Waals surface area contributed by atoms with Gasteiger partial charge in [-0.05, 0) is 17.5 Å². The molecule has 10 nitrogen and oxygen atoms in total. The summed E-state index contributed by atoms with van der Waals surface area (Å²) in [4.78, 5) is 23.7. The Labute approximate surface area is 169 Å².